The largest absolute Gasteiger partial charge is 0.381 e. The van der Waals surface area contributed by atoms with Crippen LogP contribution in [-0.4, -0.2) is 41.5 Å². The van der Waals surface area contributed by atoms with Gasteiger partial charge in [-0.2, -0.15) is 0 Å². The lowest BCUT2D eigenvalue weighted by Gasteiger charge is -2.24. The molecule has 4 atom stereocenters. The normalized spacial score (nSPS) is 26.9. The predicted molar refractivity (Wildman–Crippen MR) is 69.1 cm³/mol. The van der Waals surface area contributed by atoms with Crippen molar-refractivity contribution in [3.8, 4) is 0 Å². The first-order valence-corrected chi connectivity index (χ1v) is 7.56. The van der Waals surface area contributed by atoms with Crippen LogP contribution in [0.3, 0.4) is 0 Å². The van der Waals surface area contributed by atoms with Crippen LogP contribution in [0.1, 0.15) is 27.2 Å². The van der Waals surface area contributed by atoms with Crippen molar-refractivity contribution in [2.45, 2.75) is 38.5 Å². The molecule has 1 aliphatic heterocycles. The number of hydrogen-bond donors (Lipinski definition) is 1. The molecule has 96 valence electrons. The van der Waals surface area contributed by atoms with Gasteiger partial charge in [-0.15, -0.1) is 0 Å². The van der Waals surface area contributed by atoms with Crippen LogP contribution < -0.4 is 5.32 Å². The van der Waals surface area contributed by atoms with Gasteiger partial charge in [0, 0.05) is 40.4 Å². The van der Waals surface area contributed by atoms with Crippen molar-refractivity contribution in [3.63, 3.8) is 0 Å². The van der Waals surface area contributed by atoms with Crippen molar-refractivity contribution >= 4 is 10.8 Å². The molecular formula is C12H25NO2S. The van der Waals surface area contributed by atoms with Crippen molar-refractivity contribution in [1.82, 2.24) is 5.32 Å². The second kappa shape index (κ2) is 6.72. The van der Waals surface area contributed by atoms with E-state index in [0.717, 1.165) is 25.4 Å². The summed E-state index contributed by atoms with van der Waals surface area (Å²) in [5.41, 5.74) is 0. The molecule has 1 aliphatic rings. The minimum absolute atomic E-state index is 0.276. The number of hydrogen-bond acceptors (Lipinski definition) is 3. The van der Waals surface area contributed by atoms with Gasteiger partial charge in [-0.05, 0) is 19.4 Å². The Morgan fingerprint density at radius 2 is 2.12 bits per heavy atom. The molecule has 0 aromatic heterocycles. The van der Waals surface area contributed by atoms with Crippen LogP contribution in [0.4, 0.5) is 0 Å². The highest BCUT2D eigenvalue weighted by Gasteiger charge is 2.27. The fourth-order valence-electron chi connectivity index (χ4n) is 1.96. The summed E-state index contributed by atoms with van der Waals surface area (Å²) in [7, 11) is 1.22. The van der Waals surface area contributed by atoms with E-state index in [2.05, 4.69) is 26.1 Å². The van der Waals surface area contributed by atoms with E-state index < -0.39 is 10.8 Å². The molecule has 4 heteroatoms. The van der Waals surface area contributed by atoms with Crippen LogP contribution >= 0.6 is 0 Å². The maximum absolute atomic E-state index is 12.1. The lowest BCUT2D eigenvalue weighted by molar-refractivity contribution is 0.179. The Kier molecular flexibility index (Phi) is 5.94. The van der Waals surface area contributed by atoms with E-state index in [1.807, 2.05) is 7.05 Å². The highest BCUT2D eigenvalue weighted by Crippen LogP contribution is 2.19. The average Bonchev–Trinajstić information content (AvgIpc) is 2.77. The van der Waals surface area contributed by atoms with Crippen LogP contribution in [0.2, 0.25) is 0 Å². The summed E-state index contributed by atoms with van der Waals surface area (Å²) in [5, 5.41) is 3.57. The highest BCUT2D eigenvalue weighted by molar-refractivity contribution is 7.85. The standard InChI is InChI=1S/C12H25NO2S/c1-9(2)10(3)16(14)8-12(13-4)11-5-6-15-7-11/h9-13H,5-8H2,1-4H3. The van der Waals surface area contributed by atoms with Crippen molar-refractivity contribution in [2.75, 3.05) is 26.0 Å². The maximum atomic E-state index is 12.1. The first kappa shape index (κ1) is 14.1. The number of rotatable bonds is 6. The van der Waals surface area contributed by atoms with E-state index >= 15 is 0 Å². The second-order valence-corrected chi connectivity index (χ2v) is 6.85. The molecule has 1 N–H and O–H groups in total. The maximum Gasteiger partial charge on any atom is 0.0510 e. The molecule has 0 aromatic rings. The second-order valence-electron chi connectivity index (χ2n) is 5.02. The van der Waals surface area contributed by atoms with Gasteiger partial charge in [0.05, 0.1) is 6.61 Å². The van der Waals surface area contributed by atoms with Gasteiger partial charge in [0.2, 0.25) is 0 Å². The van der Waals surface area contributed by atoms with Crippen LogP contribution in [-0.2, 0) is 15.5 Å². The van der Waals surface area contributed by atoms with Crippen molar-refractivity contribution in [2.24, 2.45) is 11.8 Å². The van der Waals surface area contributed by atoms with Crippen molar-refractivity contribution < 1.29 is 8.95 Å². The fraction of sp³-hybridized carbons (Fsp3) is 1.00. The zero-order valence-electron chi connectivity index (χ0n) is 10.9. The summed E-state index contributed by atoms with van der Waals surface area (Å²) >= 11 is 0. The van der Waals surface area contributed by atoms with Gasteiger partial charge in [-0.25, -0.2) is 0 Å². The molecule has 0 bridgehead atoms. The molecule has 1 fully saturated rings. The first-order valence-electron chi connectivity index (χ1n) is 6.18. The van der Waals surface area contributed by atoms with E-state index in [1.54, 1.807) is 0 Å². The molecule has 4 unspecified atom stereocenters. The quantitative estimate of drug-likeness (QED) is 0.771. The predicted octanol–water partition coefficient (Wildman–Crippen LogP) is 1.40. The van der Waals surface area contributed by atoms with Crippen LogP contribution in [0.5, 0.6) is 0 Å². The Balaban J connectivity index is 2.46. The third-order valence-electron chi connectivity index (χ3n) is 3.60. The molecule has 0 saturated carbocycles. The van der Waals surface area contributed by atoms with Crippen molar-refractivity contribution in [1.29, 1.82) is 0 Å². The highest BCUT2D eigenvalue weighted by atomic mass is 32.2. The smallest absolute Gasteiger partial charge is 0.0510 e. The molecule has 1 rings (SSSR count). The van der Waals surface area contributed by atoms with E-state index in [1.165, 1.54) is 0 Å². The molecular weight excluding hydrogens is 222 g/mol. The molecule has 0 aromatic carbocycles. The lowest BCUT2D eigenvalue weighted by Crippen LogP contribution is -2.40. The molecule has 1 heterocycles. The Bertz CT molecular complexity index is 227. The molecule has 3 nitrogen and oxygen atoms in total. The molecule has 0 amide bonds. The van der Waals surface area contributed by atoms with E-state index in [9.17, 15) is 4.21 Å². The topological polar surface area (TPSA) is 38.3 Å². The third-order valence-corrected chi connectivity index (χ3v) is 5.66. The average molecular weight is 247 g/mol. The minimum atomic E-state index is -0.739. The van der Waals surface area contributed by atoms with Gasteiger partial charge in [-0.1, -0.05) is 20.8 Å². The Hall–Kier alpha value is 0.0700. The summed E-state index contributed by atoms with van der Waals surface area (Å²) in [6.07, 6.45) is 1.10. The zero-order valence-corrected chi connectivity index (χ0v) is 11.7. The van der Waals surface area contributed by atoms with Gasteiger partial charge in [0.25, 0.3) is 0 Å². The summed E-state index contributed by atoms with van der Waals surface area (Å²) < 4.78 is 17.5. The van der Waals surface area contributed by atoms with E-state index in [0.29, 0.717) is 17.9 Å². The Morgan fingerprint density at radius 3 is 2.56 bits per heavy atom. The summed E-state index contributed by atoms with van der Waals surface area (Å²) in [6.45, 7) is 8.03. The summed E-state index contributed by atoms with van der Waals surface area (Å²) in [5.74, 6) is 1.77. The van der Waals surface area contributed by atoms with Crippen LogP contribution in [0.15, 0.2) is 0 Å². The van der Waals surface area contributed by atoms with E-state index in [4.69, 9.17) is 4.74 Å². The van der Waals surface area contributed by atoms with Crippen molar-refractivity contribution in [3.05, 3.63) is 0 Å². The molecule has 0 spiro atoms. The monoisotopic (exact) mass is 247 g/mol. The van der Waals surface area contributed by atoms with E-state index in [-0.39, 0.29) is 5.25 Å². The summed E-state index contributed by atoms with van der Waals surface area (Å²) in [6, 6.07) is 0.338. The first-order chi connectivity index (χ1) is 7.56. The Labute approximate surface area is 102 Å². The zero-order chi connectivity index (χ0) is 12.1. The number of ether oxygens (including phenoxy) is 1. The van der Waals surface area contributed by atoms with Gasteiger partial charge >= 0.3 is 0 Å². The van der Waals surface area contributed by atoms with Gasteiger partial charge in [0.15, 0.2) is 0 Å². The third kappa shape index (κ3) is 3.82. The molecule has 0 aliphatic carbocycles. The van der Waals surface area contributed by atoms with Gasteiger partial charge in [-0.3, -0.25) is 4.21 Å². The SMILES string of the molecule is CNC(CS(=O)C(C)C(C)C)C1CCOC1. The molecule has 16 heavy (non-hydrogen) atoms. The molecule has 1 saturated heterocycles. The summed E-state index contributed by atoms with van der Waals surface area (Å²) in [4.78, 5) is 0. The van der Waals surface area contributed by atoms with Gasteiger partial charge < -0.3 is 10.1 Å². The molecule has 0 radical (unpaired) electrons. The minimum Gasteiger partial charge on any atom is -0.381 e. The van der Waals surface area contributed by atoms with Crippen LogP contribution in [0, 0.1) is 11.8 Å². The van der Waals surface area contributed by atoms with Crippen LogP contribution in [0.25, 0.3) is 0 Å². The number of nitrogens with one attached hydrogen (secondary N) is 1. The van der Waals surface area contributed by atoms with Gasteiger partial charge in [0.1, 0.15) is 0 Å². The lowest BCUT2D eigenvalue weighted by atomic mass is 10.0. The fourth-order valence-corrected chi connectivity index (χ4v) is 3.66. The Morgan fingerprint density at radius 1 is 1.44 bits per heavy atom.